The van der Waals surface area contributed by atoms with Gasteiger partial charge in [-0.25, -0.2) is 23.5 Å². The maximum atomic E-state index is 14.0. The Kier molecular flexibility index (Phi) is 5.67. The van der Waals surface area contributed by atoms with Crippen molar-refractivity contribution in [1.82, 2.24) is 14.9 Å². The van der Waals surface area contributed by atoms with E-state index in [1.165, 1.54) is 12.3 Å². The third kappa shape index (κ3) is 4.13. The predicted octanol–water partition coefficient (Wildman–Crippen LogP) is 4.82. The number of carbonyl (C=O) groups is 2. The smallest absolute Gasteiger partial charge is 0.365 e. The summed E-state index contributed by atoms with van der Waals surface area (Å²) in [5.74, 6) is -1.40. The number of thiazole rings is 1. The van der Waals surface area contributed by atoms with Gasteiger partial charge in [-0.1, -0.05) is 0 Å². The van der Waals surface area contributed by atoms with Crippen LogP contribution in [0.4, 0.5) is 14.6 Å². The number of anilines is 1. The molecule has 1 saturated heterocycles. The first kappa shape index (κ1) is 21.6. The van der Waals surface area contributed by atoms with Crippen LogP contribution in [0, 0.1) is 0 Å². The van der Waals surface area contributed by atoms with Crippen molar-refractivity contribution in [2.45, 2.75) is 64.0 Å². The first-order chi connectivity index (χ1) is 14.7. The fraction of sp³-hybridized carbons (Fsp3) is 0.524. The minimum atomic E-state index is -2.82. The van der Waals surface area contributed by atoms with Gasteiger partial charge >= 0.3 is 5.97 Å². The van der Waals surface area contributed by atoms with Crippen LogP contribution in [0.25, 0.3) is 10.4 Å². The quantitative estimate of drug-likeness (QED) is 0.655. The van der Waals surface area contributed by atoms with E-state index in [-0.39, 0.29) is 38.3 Å². The zero-order valence-electron chi connectivity index (χ0n) is 17.3. The third-order valence-corrected chi connectivity index (χ3v) is 7.21. The maximum Gasteiger partial charge on any atom is 0.365 e. The number of halogens is 2. The molecule has 10 heteroatoms. The highest BCUT2D eigenvalue weighted by Crippen LogP contribution is 2.40. The number of hydrogen-bond acceptors (Lipinski definition) is 6. The maximum absolute atomic E-state index is 14.0. The van der Waals surface area contributed by atoms with Crippen molar-refractivity contribution >= 4 is 29.0 Å². The molecule has 0 bridgehead atoms. The van der Waals surface area contributed by atoms with Crippen LogP contribution < -0.4 is 5.32 Å². The Bertz CT molecular complexity index is 1020. The minimum absolute atomic E-state index is 0.0159. The number of carboxylic acid groups (broad SMARTS) is 1. The van der Waals surface area contributed by atoms with Crippen LogP contribution in [0.3, 0.4) is 0 Å². The van der Waals surface area contributed by atoms with E-state index in [1.807, 2.05) is 13.8 Å². The molecule has 1 atom stereocenters. The molecule has 0 unspecified atom stereocenters. The summed E-state index contributed by atoms with van der Waals surface area (Å²) >= 11 is 0.723. The molecule has 7 nitrogen and oxygen atoms in total. The second kappa shape index (κ2) is 8.14. The lowest BCUT2D eigenvalue weighted by atomic mass is 9.78. The fourth-order valence-corrected chi connectivity index (χ4v) is 5.09. The molecule has 2 aliphatic rings. The lowest BCUT2D eigenvalue weighted by Crippen LogP contribution is -2.41. The highest BCUT2D eigenvalue weighted by molar-refractivity contribution is 7.17. The zero-order valence-corrected chi connectivity index (χ0v) is 18.1. The SMILES string of the molecule is C[C@H]1CCCN1C(=O)c1nc(C(=O)O)sc1-c1cnc(NC2(C)CCC2)cc1C(F)F. The number of hydrogen-bond donors (Lipinski definition) is 2. The molecule has 31 heavy (non-hydrogen) atoms. The number of alkyl halides is 2. The van der Waals surface area contributed by atoms with Gasteiger partial charge in [0, 0.05) is 35.4 Å². The molecular weight excluding hydrogens is 426 g/mol. The Morgan fingerprint density at radius 1 is 1.35 bits per heavy atom. The van der Waals surface area contributed by atoms with Gasteiger partial charge in [-0.2, -0.15) is 0 Å². The van der Waals surface area contributed by atoms with Gasteiger partial charge in [0.25, 0.3) is 12.3 Å². The number of nitrogens with one attached hydrogen (secondary N) is 1. The Balaban J connectivity index is 1.77. The van der Waals surface area contributed by atoms with Gasteiger partial charge in [-0.05, 0) is 52.0 Å². The number of rotatable bonds is 6. The van der Waals surface area contributed by atoms with Crippen molar-refractivity contribution < 1.29 is 23.5 Å². The van der Waals surface area contributed by atoms with Crippen molar-refractivity contribution in [2.24, 2.45) is 0 Å². The molecular formula is C21H24F2N4O3S. The van der Waals surface area contributed by atoms with Crippen LogP contribution in [-0.2, 0) is 0 Å². The number of amides is 1. The van der Waals surface area contributed by atoms with Crippen LogP contribution in [0.15, 0.2) is 12.3 Å². The minimum Gasteiger partial charge on any atom is -0.476 e. The molecule has 1 aliphatic carbocycles. The van der Waals surface area contributed by atoms with E-state index < -0.39 is 18.3 Å². The monoisotopic (exact) mass is 450 g/mol. The number of carbonyl (C=O) groups excluding carboxylic acids is 1. The van der Waals surface area contributed by atoms with Gasteiger partial charge in [0.15, 0.2) is 0 Å². The molecule has 1 aliphatic heterocycles. The number of aromatic carboxylic acids is 1. The predicted molar refractivity (Wildman–Crippen MR) is 113 cm³/mol. The molecule has 4 rings (SSSR count). The molecule has 0 radical (unpaired) electrons. The van der Waals surface area contributed by atoms with Crippen molar-refractivity contribution in [3.8, 4) is 10.4 Å². The Morgan fingerprint density at radius 3 is 2.65 bits per heavy atom. The lowest BCUT2D eigenvalue weighted by Gasteiger charge is -2.39. The third-order valence-electron chi connectivity index (χ3n) is 6.13. The summed E-state index contributed by atoms with van der Waals surface area (Å²) < 4.78 is 28.0. The lowest BCUT2D eigenvalue weighted by molar-refractivity contribution is 0.0696. The molecule has 166 valence electrons. The summed E-state index contributed by atoms with van der Waals surface area (Å²) in [6, 6.07) is 1.27. The van der Waals surface area contributed by atoms with E-state index in [0.29, 0.717) is 12.4 Å². The summed E-state index contributed by atoms with van der Waals surface area (Å²) in [6.07, 6.45) is 3.07. The number of nitrogens with zero attached hydrogens (tertiary/aromatic N) is 3. The van der Waals surface area contributed by atoms with E-state index in [9.17, 15) is 23.5 Å². The van der Waals surface area contributed by atoms with Crippen molar-refractivity contribution in [3.05, 3.63) is 28.5 Å². The van der Waals surface area contributed by atoms with Gasteiger partial charge in [0.1, 0.15) is 11.5 Å². The summed E-state index contributed by atoms with van der Waals surface area (Å²) in [6.45, 7) is 4.45. The van der Waals surface area contributed by atoms with E-state index in [4.69, 9.17) is 0 Å². The Morgan fingerprint density at radius 2 is 2.10 bits per heavy atom. The molecule has 2 fully saturated rings. The van der Waals surface area contributed by atoms with Crippen molar-refractivity contribution in [1.29, 1.82) is 0 Å². The summed E-state index contributed by atoms with van der Waals surface area (Å²) in [4.78, 5) is 34.7. The molecule has 0 spiro atoms. The topological polar surface area (TPSA) is 95.4 Å². The fourth-order valence-electron chi connectivity index (χ4n) is 4.16. The Hall–Kier alpha value is -2.62. The Labute approximate surface area is 182 Å². The van der Waals surface area contributed by atoms with Gasteiger partial charge in [0.2, 0.25) is 5.01 Å². The molecule has 3 heterocycles. The molecule has 2 aromatic heterocycles. The second-order valence-electron chi connectivity index (χ2n) is 8.49. The molecule has 2 N–H and O–H groups in total. The highest BCUT2D eigenvalue weighted by atomic mass is 32.1. The van der Waals surface area contributed by atoms with Crippen LogP contribution in [0.1, 0.15) is 78.2 Å². The van der Waals surface area contributed by atoms with Gasteiger partial charge in [-0.15, -0.1) is 11.3 Å². The van der Waals surface area contributed by atoms with Gasteiger partial charge in [0.05, 0.1) is 4.88 Å². The van der Waals surface area contributed by atoms with Crippen LogP contribution in [0.2, 0.25) is 0 Å². The first-order valence-electron chi connectivity index (χ1n) is 10.3. The molecule has 1 saturated carbocycles. The van der Waals surface area contributed by atoms with Crippen LogP contribution in [-0.4, -0.2) is 50.0 Å². The average molecular weight is 451 g/mol. The number of likely N-dealkylation sites (tertiary alicyclic amines) is 1. The average Bonchev–Trinajstić information content (AvgIpc) is 3.33. The van der Waals surface area contributed by atoms with E-state index in [2.05, 4.69) is 15.3 Å². The molecule has 2 aromatic rings. The van der Waals surface area contributed by atoms with Gasteiger partial charge < -0.3 is 15.3 Å². The summed E-state index contributed by atoms with van der Waals surface area (Å²) in [7, 11) is 0. The van der Waals surface area contributed by atoms with Gasteiger partial charge in [-0.3, -0.25) is 4.79 Å². The second-order valence-corrected chi connectivity index (χ2v) is 9.49. The highest BCUT2D eigenvalue weighted by Gasteiger charge is 2.34. The zero-order chi connectivity index (χ0) is 22.3. The number of pyridine rings is 1. The first-order valence-corrected chi connectivity index (χ1v) is 11.1. The van der Waals surface area contributed by atoms with E-state index >= 15 is 0 Å². The van der Waals surface area contributed by atoms with Crippen LogP contribution >= 0.6 is 11.3 Å². The molecule has 1 amide bonds. The largest absolute Gasteiger partial charge is 0.476 e. The number of carboxylic acids is 1. The molecule has 0 aromatic carbocycles. The standard InChI is InChI=1S/C21H24F2N4O3S/c1-11-5-3-8-27(11)19(28)15-16(31-18(25-15)20(29)30)13-10-24-14(9-12(13)17(22)23)26-21(2)6-4-7-21/h9-11,17H,3-8H2,1-2H3,(H,24,26)(H,29,30)/t11-/m0/s1. The summed E-state index contributed by atoms with van der Waals surface area (Å²) in [5.41, 5.74) is -0.530. The normalized spacial score (nSPS) is 20.0. The number of aromatic nitrogens is 2. The van der Waals surface area contributed by atoms with Crippen LogP contribution in [0.5, 0.6) is 0 Å². The van der Waals surface area contributed by atoms with E-state index in [1.54, 1.807) is 4.90 Å². The summed E-state index contributed by atoms with van der Waals surface area (Å²) in [5, 5.41) is 12.3. The van der Waals surface area contributed by atoms with Crippen molar-refractivity contribution in [2.75, 3.05) is 11.9 Å². The van der Waals surface area contributed by atoms with Crippen molar-refractivity contribution in [3.63, 3.8) is 0 Å². The van der Waals surface area contributed by atoms with E-state index in [0.717, 1.165) is 43.4 Å².